The SMILES string of the molecule is Cc1cccc(F)c1S(=O)(=O)N1CCNC[C@@H]1C. The van der Waals surface area contributed by atoms with Crippen LogP contribution < -0.4 is 5.32 Å². The lowest BCUT2D eigenvalue weighted by molar-refractivity contribution is 0.282. The summed E-state index contributed by atoms with van der Waals surface area (Å²) in [4.78, 5) is -0.196. The number of nitrogens with one attached hydrogen (secondary N) is 1. The molecule has 0 aromatic heterocycles. The summed E-state index contributed by atoms with van der Waals surface area (Å²) in [5, 5.41) is 3.12. The average Bonchev–Trinajstić information content (AvgIpc) is 2.28. The Morgan fingerprint density at radius 2 is 2.17 bits per heavy atom. The molecule has 6 heteroatoms. The molecule has 1 aromatic carbocycles. The van der Waals surface area contributed by atoms with Crippen LogP contribution in [0.5, 0.6) is 0 Å². The Hall–Kier alpha value is -0.980. The zero-order valence-corrected chi connectivity index (χ0v) is 11.3. The standard InChI is InChI=1S/C12H17FN2O2S/c1-9-4-3-5-11(13)12(9)18(16,17)15-7-6-14-8-10(15)2/h3-5,10,14H,6-8H2,1-2H3/t10-/m0/s1. The van der Waals surface area contributed by atoms with Crippen molar-refractivity contribution in [2.24, 2.45) is 0 Å². The van der Waals surface area contributed by atoms with Gasteiger partial charge in [0.15, 0.2) is 0 Å². The molecule has 0 amide bonds. The highest BCUT2D eigenvalue weighted by Crippen LogP contribution is 2.24. The Labute approximate surface area is 107 Å². The van der Waals surface area contributed by atoms with E-state index < -0.39 is 15.8 Å². The van der Waals surface area contributed by atoms with Crippen molar-refractivity contribution in [1.29, 1.82) is 0 Å². The van der Waals surface area contributed by atoms with Crippen molar-refractivity contribution >= 4 is 10.0 Å². The molecule has 0 saturated carbocycles. The van der Waals surface area contributed by atoms with Crippen LogP contribution >= 0.6 is 0 Å². The maximum atomic E-state index is 13.8. The summed E-state index contributed by atoms with van der Waals surface area (Å²) in [5.41, 5.74) is 0.445. The van der Waals surface area contributed by atoms with Crippen LogP contribution in [0.15, 0.2) is 23.1 Å². The van der Waals surface area contributed by atoms with Crippen LogP contribution in [0.25, 0.3) is 0 Å². The number of benzene rings is 1. The third-order valence-electron chi connectivity index (χ3n) is 3.17. The second kappa shape index (κ2) is 4.95. The van der Waals surface area contributed by atoms with E-state index >= 15 is 0 Å². The van der Waals surface area contributed by atoms with Gasteiger partial charge in [-0.15, -0.1) is 0 Å². The van der Waals surface area contributed by atoms with Crippen LogP contribution in [-0.2, 0) is 10.0 Å². The van der Waals surface area contributed by atoms with E-state index in [-0.39, 0.29) is 10.9 Å². The number of rotatable bonds is 2. The second-order valence-electron chi connectivity index (χ2n) is 4.55. The van der Waals surface area contributed by atoms with Crippen LogP contribution in [0, 0.1) is 12.7 Å². The molecule has 1 atom stereocenters. The summed E-state index contributed by atoms with van der Waals surface area (Å²) < 4.78 is 40.2. The van der Waals surface area contributed by atoms with E-state index in [0.717, 1.165) is 0 Å². The quantitative estimate of drug-likeness (QED) is 0.877. The predicted octanol–water partition coefficient (Wildman–Crippen LogP) is 1.12. The molecule has 1 aliphatic rings. The smallest absolute Gasteiger partial charge is 0.246 e. The van der Waals surface area contributed by atoms with Gasteiger partial charge in [-0.2, -0.15) is 4.31 Å². The maximum Gasteiger partial charge on any atom is 0.246 e. The molecule has 1 N–H and O–H groups in total. The van der Waals surface area contributed by atoms with E-state index in [1.807, 2.05) is 6.92 Å². The van der Waals surface area contributed by atoms with Crippen LogP contribution in [0.4, 0.5) is 4.39 Å². The molecule has 2 rings (SSSR count). The molecule has 1 saturated heterocycles. The van der Waals surface area contributed by atoms with Gasteiger partial charge in [-0.25, -0.2) is 12.8 Å². The second-order valence-corrected chi connectivity index (χ2v) is 6.38. The summed E-state index contributed by atoms with van der Waals surface area (Å²) in [7, 11) is -3.75. The van der Waals surface area contributed by atoms with Gasteiger partial charge in [-0.1, -0.05) is 12.1 Å². The Balaban J connectivity index is 2.48. The highest BCUT2D eigenvalue weighted by Gasteiger charge is 2.33. The predicted molar refractivity (Wildman–Crippen MR) is 67.4 cm³/mol. The van der Waals surface area contributed by atoms with E-state index in [0.29, 0.717) is 25.2 Å². The first-order chi connectivity index (χ1) is 8.44. The summed E-state index contributed by atoms with van der Waals surface area (Å²) in [6.45, 7) is 4.99. The van der Waals surface area contributed by atoms with Gasteiger partial charge in [0, 0.05) is 25.7 Å². The first-order valence-corrected chi connectivity index (χ1v) is 7.36. The van der Waals surface area contributed by atoms with Crippen molar-refractivity contribution in [3.8, 4) is 0 Å². The van der Waals surface area contributed by atoms with Crippen molar-refractivity contribution in [3.05, 3.63) is 29.6 Å². The zero-order chi connectivity index (χ0) is 13.3. The van der Waals surface area contributed by atoms with E-state index in [1.165, 1.54) is 16.4 Å². The number of halogens is 1. The van der Waals surface area contributed by atoms with Gasteiger partial charge in [0.1, 0.15) is 10.7 Å². The maximum absolute atomic E-state index is 13.8. The number of hydrogen-bond acceptors (Lipinski definition) is 3. The summed E-state index contributed by atoms with van der Waals surface area (Å²) in [5.74, 6) is -0.680. The minimum Gasteiger partial charge on any atom is -0.314 e. The van der Waals surface area contributed by atoms with Gasteiger partial charge < -0.3 is 5.32 Å². The highest BCUT2D eigenvalue weighted by molar-refractivity contribution is 7.89. The third-order valence-corrected chi connectivity index (χ3v) is 5.36. The number of nitrogens with zero attached hydrogens (tertiary/aromatic N) is 1. The molecule has 0 spiro atoms. The molecule has 4 nitrogen and oxygen atoms in total. The van der Waals surface area contributed by atoms with Crippen molar-refractivity contribution in [2.45, 2.75) is 24.8 Å². The van der Waals surface area contributed by atoms with Gasteiger partial charge in [0.05, 0.1) is 0 Å². The topological polar surface area (TPSA) is 49.4 Å². The molecule has 18 heavy (non-hydrogen) atoms. The Morgan fingerprint density at radius 1 is 1.44 bits per heavy atom. The molecule has 100 valence electrons. The van der Waals surface area contributed by atoms with Gasteiger partial charge in [0.2, 0.25) is 10.0 Å². The van der Waals surface area contributed by atoms with Crippen LogP contribution in [-0.4, -0.2) is 38.4 Å². The van der Waals surface area contributed by atoms with E-state index in [4.69, 9.17) is 0 Å². The number of sulfonamides is 1. The number of piperazine rings is 1. The van der Waals surface area contributed by atoms with Crippen molar-refractivity contribution < 1.29 is 12.8 Å². The molecule has 1 heterocycles. The van der Waals surface area contributed by atoms with Crippen molar-refractivity contribution in [1.82, 2.24) is 9.62 Å². The number of hydrogen-bond donors (Lipinski definition) is 1. The summed E-state index contributed by atoms with van der Waals surface area (Å²) in [6, 6.07) is 4.16. The van der Waals surface area contributed by atoms with Crippen molar-refractivity contribution in [3.63, 3.8) is 0 Å². The van der Waals surface area contributed by atoms with Crippen LogP contribution in [0.2, 0.25) is 0 Å². The summed E-state index contributed by atoms with van der Waals surface area (Å²) >= 11 is 0. The zero-order valence-electron chi connectivity index (χ0n) is 10.5. The lowest BCUT2D eigenvalue weighted by Gasteiger charge is -2.33. The fourth-order valence-corrected chi connectivity index (χ4v) is 4.14. The molecule has 0 unspecified atom stereocenters. The molecule has 0 aliphatic carbocycles. The van der Waals surface area contributed by atoms with E-state index in [2.05, 4.69) is 5.32 Å². The molecular weight excluding hydrogens is 255 g/mol. The largest absolute Gasteiger partial charge is 0.314 e. The highest BCUT2D eigenvalue weighted by atomic mass is 32.2. The fourth-order valence-electron chi connectivity index (χ4n) is 2.24. The molecule has 1 aromatic rings. The first-order valence-electron chi connectivity index (χ1n) is 5.92. The Bertz CT molecular complexity index is 525. The van der Waals surface area contributed by atoms with Gasteiger partial charge in [-0.3, -0.25) is 0 Å². The van der Waals surface area contributed by atoms with Gasteiger partial charge in [-0.05, 0) is 25.5 Å². The van der Waals surface area contributed by atoms with E-state index in [1.54, 1.807) is 13.0 Å². The molecule has 0 radical (unpaired) electrons. The minimum absolute atomic E-state index is 0.164. The van der Waals surface area contributed by atoms with E-state index in [9.17, 15) is 12.8 Å². The van der Waals surface area contributed by atoms with Crippen LogP contribution in [0.1, 0.15) is 12.5 Å². The normalized spacial score (nSPS) is 22.1. The van der Waals surface area contributed by atoms with Crippen LogP contribution in [0.3, 0.4) is 0 Å². The Morgan fingerprint density at radius 3 is 2.78 bits per heavy atom. The van der Waals surface area contributed by atoms with Gasteiger partial charge in [0.25, 0.3) is 0 Å². The first kappa shape index (κ1) is 13.5. The summed E-state index contributed by atoms with van der Waals surface area (Å²) in [6.07, 6.45) is 0. The average molecular weight is 272 g/mol. The molecule has 0 bridgehead atoms. The minimum atomic E-state index is -3.75. The third kappa shape index (κ3) is 2.28. The molecule has 1 fully saturated rings. The number of aryl methyl sites for hydroxylation is 1. The lowest BCUT2D eigenvalue weighted by Crippen LogP contribution is -2.52. The fraction of sp³-hybridized carbons (Fsp3) is 0.500. The molecular formula is C12H17FN2O2S. The lowest BCUT2D eigenvalue weighted by atomic mass is 10.2. The Kier molecular flexibility index (Phi) is 3.70. The monoisotopic (exact) mass is 272 g/mol. The molecule has 1 aliphatic heterocycles. The van der Waals surface area contributed by atoms with Crippen molar-refractivity contribution in [2.75, 3.05) is 19.6 Å². The van der Waals surface area contributed by atoms with Gasteiger partial charge >= 0.3 is 0 Å².